The summed E-state index contributed by atoms with van der Waals surface area (Å²) in [5.74, 6) is -1.23. The van der Waals surface area contributed by atoms with Gasteiger partial charge in [0.25, 0.3) is 5.91 Å². The monoisotopic (exact) mass is 367 g/mol. The minimum absolute atomic E-state index is 0.0821. The van der Waals surface area contributed by atoms with Crippen LogP contribution < -0.4 is 0 Å². The molecule has 1 unspecified atom stereocenters. The number of aliphatic carboxylic acids is 1. The minimum Gasteiger partial charge on any atom is -0.481 e. The summed E-state index contributed by atoms with van der Waals surface area (Å²) in [4.78, 5) is 26.1. The van der Waals surface area contributed by atoms with Crippen LogP contribution in [0.25, 0.3) is 0 Å². The van der Waals surface area contributed by atoms with E-state index in [0.29, 0.717) is 18.5 Å². The molecule has 1 atom stereocenters. The van der Waals surface area contributed by atoms with Crippen LogP contribution in [0.3, 0.4) is 0 Å². The summed E-state index contributed by atoms with van der Waals surface area (Å²) >= 11 is 0. The minimum atomic E-state index is -3.38. The number of rotatable bonds is 5. The molecule has 1 amide bonds. The van der Waals surface area contributed by atoms with Crippen LogP contribution in [0.4, 0.5) is 0 Å². The van der Waals surface area contributed by atoms with Crippen LogP contribution in [-0.4, -0.2) is 48.6 Å². The Morgan fingerprint density at radius 2 is 1.68 bits per heavy atom. The number of nitrogens with zero attached hydrogens (tertiary/aromatic N) is 1. The maximum Gasteiger partial charge on any atom is 0.311 e. The van der Waals surface area contributed by atoms with Crippen molar-refractivity contribution in [2.75, 3.05) is 13.1 Å². The smallest absolute Gasteiger partial charge is 0.311 e. The van der Waals surface area contributed by atoms with Crippen molar-refractivity contribution in [1.29, 1.82) is 0 Å². The first-order chi connectivity index (χ1) is 11.5. The molecule has 0 aromatic heterocycles. The molecule has 1 aliphatic heterocycles. The zero-order valence-corrected chi connectivity index (χ0v) is 15.8. The molecule has 1 aromatic carbocycles. The van der Waals surface area contributed by atoms with E-state index in [4.69, 9.17) is 0 Å². The number of sulfone groups is 1. The molecular weight excluding hydrogens is 342 g/mol. The van der Waals surface area contributed by atoms with E-state index in [1.165, 1.54) is 24.3 Å². The Morgan fingerprint density at radius 3 is 2.08 bits per heavy atom. The highest BCUT2D eigenvalue weighted by molar-refractivity contribution is 7.92. The van der Waals surface area contributed by atoms with E-state index >= 15 is 0 Å². The van der Waals surface area contributed by atoms with Crippen LogP contribution in [-0.2, 0) is 14.6 Å². The van der Waals surface area contributed by atoms with Crippen molar-refractivity contribution >= 4 is 21.7 Å². The summed E-state index contributed by atoms with van der Waals surface area (Å²) in [5, 5.41) is 9.04. The average Bonchev–Trinajstić information content (AvgIpc) is 3.01. The van der Waals surface area contributed by atoms with Gasteiger partial charge in [-0.05, 0) is 50.5 Å². The third kappa shape index (κ3) is 3.42. The zero-order chi connectivity index (χ0) is 19.0. The standard InChI is InChI=1S/C18H25NO5S/c1-12(2)18(17(21)22)9-10-19(11-18)16(20)14-5-7-15(8-6-14)25(23,24)13(3)4/h5-8,12-13H,9-11H2,1-4H3,(H,21,22). The predicted octanol–water partition coefficient (Wildman–Crippen LogP) is 2.44. The van der Waals surface area contributed by atoms with Gasteiger partial charge >= 0.3 is 5.97 Å². The SMILES string of the molecule is CC(C)C1(C(=O)O)CCN(C(=O)c2ccc(S(=O)(=O)C(C)C)cc2)C1. The number of amides is 1. The van der Waals surface area contributed by atoms with Gasteiger partial charge in [-0.15, -0.1) is 0 Å². The van der Waals surface area contributed by atoms with Crippen molar-refractivity contribution < 1.29 is 23.1 Å². The number of hydrogen-bond acceptors (Lipinski definition) is 4. The van der Waals surface area contributed by atoms with E-state index in [9.17, 15) is 23.1 Å². The molecule has 0 spiro atoms. The number of carboxylic acid groups (broad SMARTS) is 1. The summed E-state index contributed by atoms with van der Waals surface area (Å²) in [6.07, 6.45) is 0.422. The highest BCUT2D eigenvalue weighted by atomic mass is 32.2. The van der Waals surface area contributed by atoms with Gasteiger partial charge in [-0.1, -0.05) is 13.8 Å². The molecule has 1 aromatic rings. The van der Waals surface area contributed by atoms with Crippen molar-refractivity contribution in [3.63, 3.8) is 0 Å². The van der Waals surface area contributed by atoms with Crippen LogP contribution in [0.1, 0.15) is 44.5 Å². The topological polar surface area (TPSA) is 91.8 Å². The van der Waals surface area contributed by atoms with Crippen molar-refractivity contribution in [3.8, 4) is 0 Å². The summed E-state index contributed by atoms with van der Waals surface area (Å²) in [5.41, 5.74) is -0.552. The first-order valence-electron chi connectivity index (χ1n) is 8.39. The molecule has 0 radical (unpaired) electrons. The molecule has 7 heteroatoms. The molecule has 1 N–H and O–H groups in total. The first-order valence-corrected chi connectivity index (χ1v) is 9.93. The van der Waals surface area contributed by atoms with E-state index in [1.807, 2.05) is 13.8 Å². The quantitative estimate of drug-likeness (QED) is 0.863. The lowest BCUT2D eigenvalue weighted by Gasteiger charge is -2.28. The Labute approximate surface area is 148 Å². The second kappa shape index (κ2) is 6.78. The lowest BCUT2D eigenvalue weighted by atomic mass is 9.76. The fraction of sp³-hybridized carbons (Fsp3) is 0.556. The van der Waals surface area contributed by atoms with Crippen LogP contribution in [0.5, 0.6) is 0 Å². The number of likely N-dealkylation sites (tertiary alicyclic amines) is 1. The van der Waals surface area contributed by atoms with Gasteiger partial charge in [-0.25, -0.2) is 8.42 Å². The molecule has 0 saturated carbocycles. The van der Waals surface area contributed by atoms with Gasteiger partial charge in [0.2, 0.25) is 0 Å². The van der Waals surface area contributed by atoms with Gasteiger partial charge in [-0.3, -0.25) is 9.59 Å². The first kappa shape index (κ1) is 19.4. The Bertz CT molecular complexity index is 767. The average molecular weight is 367 g/mol. The second-order valence-corrected chi connectivity index (χ2v) is 9.72. The molecule has 1 heterocycles. The number of hydrogen-bond donors (Lipinski definition) is 1. The highest BCUT2D eigenvalue weighted by Crippen LogP contribution is 2.38. The Balaban J connectivity index is 2.21. The molecule has 25 heavy (non-hydrogen) atoms. The van der Waals surface area contributed by atoms with Gasteiger partial charge in [-0.2, -0.15) is 0 Å². The molecule has 0 aliphatic carbocycles. The molecular formula is C18H25NO5S. The molecule has 1 saturated heterocycles. The lowest BCUT2D eigenvalue weighted by Crippen LogP contribution is -2.40. The maximum absolute atomic E-state index is 12.7. The molecule has 2 rings (SSSR count). The molecule has 1 aliphatic rings. The maximum atomic E-state index is 12.7. The fourth-order valence-electron chi connectivity index (χ4n) is 3.14. The van der Waals surface area contributed by atoms with Crippen LogP contribution in [0.2, 0.25) is 0 Å². The Kier molecular flexibility index (Phi) is 5.27. The summed E-state index contributed by atoms with van der Waals surface area (Å²) in [7, 11) is -3.38. The van der Waals surface area contributed by atoms with Crippen molar-refractivity contribution in [1.82, 2.24) is 4.90 Å². The second-order valence-electron chi connectivity index (χ2n) is 7.21. The van der Waals surface area contributed by atoms with E-state index in [1.54, 1.807) is 18.7 Å². The summed E-state index contributed by atoms with van der Waals surface area (Å²) in [6, 6.07) is 5.86. The Hall–Kier alpha value is -1.89. The molecule has 1 fully saturated rings. The Morgan fingerprint density at radius 1 is 1.12 bits per heavy atom. The van der Waals surface area contributed by atoms with Crippen LogP contribution in [0, 0.1) is 11.3 Å². The molecule has 0 bridgehead atoms. The predicted molar refractivity (Wildman–Crippen MR) is 94.2 cm³/mol. The van der Waals surface area contributed by atoms with Crippen molar-refractivity contribution in [3.05, 3.63) is 29.8 Å². The van der Waals surface area contributed by atoms with Gasteiger partial charge in [0, 0.05) is 18.7 Å². The third-order valence-corrected chi connectivity index (χ3v) is 7.34. The lowest BCUT2D eigenvalue weighted by molar-refractivity contribution is -0.150. The van der Waals surface area contributed by atoms with E-state index in [0.717, 1.165) is 0 Å². The largest absolute Gasteiger partial charge is 0.481 e. The van der Waals surface area contributed by atoms with Crippen LogP contribution in [0.15, 0.2) is 29.2 Å². The normalized spacial score (nSPS) is 21.1. The van der Waals surface area contributed by atoms with Gasteiger partial charge in [0.15, 0.2) is 9.84 Å². The number of carbonyl (C=O) groups is 2. The van der Waals surface area contributed by atoms with E-state index in [2.05, 4.69) is 0 Å². The van der Waals surface area contributed by atoms with Gasteiger partial charge in [0.05, 0.1) is 15.6 Å². The van der Waals surface area contributed by atoms with Crippen molar-refractivity contribution in [2.45, 2.75) is 44.3 Å². The van der Waals surface area contributed by atoms with E-state index < -0.39 is 26.5 Å². The van der Waals surface area contributed by atoms with Crippen LogP contribution >= 0.6 is 0 Å². The molecule has 6 nitrogen and oxygen atoms in total. The summed E-state index contributed by atoms with van der Waals surface area (Å²) in [6.45, 7) is 7.48. The van der Waals surface area contributed by atoms with Crippen molar-refractivity contribution in [2.24, 2.45) is 11.3 Å². The number of benzene rings is 1. The number of carbonyl (C=O) groups excluding carboxylic acids is 1. The summed E-state index contributed by atoms with van der Waals surface area (Å²) < 4.78 is 24.3. The highest BCUT2D eigenvalue weighted by Gasteiger charge is 2.48. The molecule has 138 valence electrons. The third-order valence-electron chi connectivity index (χ3n) is 5.17. The number of carboxylic acids is 1. The zero-order valence-electron chi connectivity index (χ0n) is 15.0. The van der Waals surface area contributed by atoms with E-state index in [-0.39, 0.29) is 23.3 Å². The van der Waals surface area contributed by atoms with Gasteiger partial charge < -0.3 is 10.0 Å². The van der Waals surface area contributed by atoms with Gasteiger partial charge in [0.1, 0.15) is 0 Å². The fourth-order valence-corrected chi connectivity index (χ4v) is 4.20.